The monoisotopic (exact) mass is 861 g/mol. The topological polar surface area (TPSA) is 3.24 Å². The van der Waals surface area contributed by atoms with Crippen molar-refractivity contribution in [3.05, 3.63) is 236 Å². The summed E-state index contributed by atoms with van der Waals surface area (Å²) >= 11 is 0. The van der Waals surface area contributed by atoms with Crippen LogP contribution in [0.3, 0.4) is 0 Å². The van der Waals surface area contributed by atoms with E-state index in [1.54, 1.807) is 0 Å². The first-order valence-corrected chi connectivity index (χ1v) is 23.7. The van der Waals surface area contributed by atoms with E-state index >= 15 is 0 Å². The van der Waals surface area contributed by atoms with Gasteiger partial charge in [-0.2, -0.15) is 0 Å². The Morgan fingerprint density at radius 2 is 0.746 bits per heavy atom. The normalized spacial score (nSPS) is 12.0. The average Bonchev–Trinajstić information content (AvgIpc) is 3.36. The Labute approximate surface area is 395 Å². The fourth-order valence-electron chi connectivity index (χ4n) is 10.2. The van der Waals surface area contributed by atoms with Crippen LogP contribution in [-0.4, -0.2) is 0 Å². The number of benzene rings is 11. The predicted octanol–water partition coefficient (Wildman–Crippen LogP) is 19.0. The van der Waals surface area contributed by atoms with Gasteiger partial charge in [-0.1, -0.05) is 224 Å². The Balaban J connectivity index is 1.20. The predicted molar refractivity (Wildman–Crippen MR) is 290 cm³/mol. The first-order valence-electron chi connectivity index (χ1n) is 23.7. The number of hydrogen-bond acceptors (Lipinski definition) is 1. The van der Waals surface area contributed by atoms with Gasteiger partial charge in [0.05, 0.1) is 0 Å². The third-order valence-electron chi connectivity index (χ3n) is 13.8. The number of nitrogens with zero attached hydrogens (tertiary/aromatic N) is 1. The molecule has 0 saturated heterocycles. The molecule has 11 aromatic rings. The molecular weight excluding hydrogens is 807 g/mol. The van der Waals surface area contributed by atoms with Crippen LogP contribution in [0.1, 0.15) is 52.7 Å². The Hall–Kier alpha value is -7.74. The van der Waals surface area contributed by atoms with Crippen molar-refractivity contribution < 1.29 is 0 Å². The Kier molecular flexibility index (Phi) is 10.4. The van der Waals surface area contributed by atoms with Crippen molar-refractivity contribution in [2.45, 2.75) is 52.4 Å². The van der Waals surface area contributed by atoms with Crippen molar-refractivity contribution in [2.24, 2.45) is 0 Å². The third kappa shape index (κ3) is 7.65. The molecule has 0 radical (unpaired) electrons. The van der Waals surface area contributed by atoms with Gasteiger partial charge in [0.1, 0.15) is 0 Å². The molecule has 0 spiro atoms. The number of hydrogen-bond donors (Lipinski definition) is 0. The van der Waals surface area contributed by atoms with Crippen LogP contribution < -0.4 is 4.90 Å². The fourth-order valence-corrected chi connectivity index (χ4v) is 10.2. The van der Waals surface area contributed by atoms with E-state index in [9.17, 15) is 0 Å². The van der Waals surface area contributed by atoms with Crippen LogP contribution >= 0.6 is 0 Å². The smallest absolute Gasteiger partial charge is 0.0468 e. The van der Waals surface area contributed by atoms with E-state index in [2.05, 4.69) is 271 Å². The van der Waals surface area contributed by atoms with Crippen LogP contribution in [0.15, 0.2) is 224 Å². The maximum atomic E-state index is 2.46. The van der Waals surface area contributed by atoms with Crippen LogP contribution in [-0.2, 0) is 10.8 Å². The minimum absolute atomic E-state index is 0.0490. The first-order chi connectivity index (χ1) is 32.5. The molecule has 0 fully saturated rings. The largest absolute Gasteiger partial charge is 0.310 e. The van der Waals surface area contributed by atoms with Crippen molar-refractivity contribution in [1.82, 2.24) is 0 Å². The van der Waals surface area contributed by atoms with E-state index in [4.69, 9.17) is 0 Å². The lowest BCUT2D eigenvalue weighted by Gasteiger charge is -2.29. The molecule has 0 atom stereocenters. The molecular formula is C66H55N. The molecule has 0 aliphatic heterocycles. The zero-order valence-electron chi connectivity index (χ0n) is 39.3. The highest BCUT2D eigenvalue weighted by atomic mass is 15.1. The van der Waals surface area contributed by atoms with Crippen LogP contribution in [0.25, 0.3) is 87.6 Å². The molecule has 0 unspecified atom stereocenters. The number of anilines is 3. The SMILES string of the molecule is CC(C)(C)c1ccc(N(c2ccc(C(C)(C)C)cc2)c2ccc3c(c2)c2ccccc2c2c(-c4ccccc4)cc(-c4ccc(-c5cccc6ccccc56)cc4)c(-c4ccccc4)c32)cc1. The molecule has 11 aromatic carbocycles. The molecule has 0 aromatic heterocycles. The molecule has 0 aliphatic carbocycles. The maximum absolute atomic E-state index is 2.46. The van der Waals surface area contributed by atoms with Gasteiger partial charge in [-0.15, -0.1) is 0 Å². The molecule has 0 aliphatic rings. The highest BCUT2D eigenvalue weighted by Crippen LogP contribution is 2.50. The molecule has 1 nitrogen and oxygen atoms in total. The number of fused-ring (bicyclic) bond motifs is 7. The second-order valence-electron chi connectivity index (χ2n) is 20.1. The fraction of sp³-hybridized carbons (Fsp3) is 0.121. The molecule has 1 heteroatoms. The molecule has 0 saturated carbocycles. The number of rotatable bonds is 7. The highest BCUT2D eigenvalue weighted by Gasteiger charge is 2.24. The Morgan fingerprint density at radius 1 is 0.284 bits per heavy atom. The Morgan fingerprint density at radius 3 is 1.34 bits per heavy atom. The lowest BCUT2D eigenvalue weighted by molar-refractivity contribution is 0.590. The van der Waals surface area contributed by atoms with Crippen molar-refractivity contribution in [3.63, 3.8) is 0 Å². The van der Waals surface area contributed by atoms with Gasteiger partial charge < -0.3 is 4.90 Å². The van der Waals surface area contributed by atoms with E-state index < -0.39 is 0 Å². The molecule has 324 valence electrons. The minimum atomic E-state index is 0.0490. The van der Waals surface area contributed by atoms with Crippen molar-refractivity contribution in [2.75, 3.05) is 4.90 Å². The van der Waals surface area contributed by atoms with Gasteiger partial charge in [0.2, 0.25) is 0 Å². The summed E-state index contributed by atoms with van der Waals surface area (Å²) in [5, 5.41) is 9.98. The second kappa shape index (κ2) is 16.6. The Bertz CT molecular complexity index is 3530. The second-order valence-corrected chi connectivity index (χ2v) is 20.1. The lowest BCUT2D eigenvalue weighted by Crippen LogP contribution is -2.14. The lowest BCUT2D eigenvalue weighted by atomic mass is 9.81. The van der Waals surface area contributed by atoms with Gasteiger partial charge >= 0.3 is 0 Å². The maximum Gasteiger partial charge on any atom is 0.0468 e. The van der Waals surface area contributed by atoms with Crippen LogP contribution in [0, 0.1) is 0 Å². The minimum Gasteiger partial charge on any atom is -0.310 e. The van der Waals surface area contributed by atoms with Crippen LogP contribution in [0.5, 0.6) is 0 Å². The van der Waals surface area contributed by atoms with E-state index in [1.807, 2.05) is 0 Å². The molecule has 11 rings (SSSR count). The average molecular weight is 862 g/mol. The zero-order chi connectivity index (χ0) is 45.9. The highest BCUT2D eigenvalue weighted by molar-refractivity contribution is 6.33. The van der Waals surface area contributed by atoms with Gasteiger partial charge in [-0.05, 0) is 152 Å². The van der Waals surface area contributed by atoms with Gasteiger partial charge in [-0.3, -0.25) is 0 Å². The molecule has 0 amide bonds. The van der Waals surface area contributed by atoms with Crippen molar-refractivity contribution in [1.29, 1.82) is 0 Å². The molecule has 0 bridgehead atoms. The van der Waals surface area contributed by atoms with Crippen LogP contribution in [0.4, 0.5) is 17.1 Å². The van der Waals surface area contributed by atoms with E-state index in [0.717, 1.165) is 17.1 Å². The van der Waals surface area contributed by atoms with Gasteiger partial charge in [0, 0.05) is 17.1 Å². The van der Waals surface area contributed by atoms with E-state index in [1.165, 1.54) is 98.7 Å². The summed E-state index contributed by atoms with van der Waals surface area (Å²) < 4.78 is 0. The summed E-state index contributed by atoms with van der Waals surface area (Å²) in [5.41, 5.74) is 15.8. The van der Waals surface area contributed by atoms with E-state index in [-0.39, 0.29) is 10.8 Å². The van der Waals surface area contributed by atoms with Crippen molar-refractivity contribution in [3.8, 4) is 44.5 Å². The van der Waals surface area contributed by atoms with Crippen molar-refractivity contribution >= 4 is 60.2 Å². The van der Waals surface area contributed by atoms with Gasteiger partial charge in [0.15, 0.2) is 0 Å². The van der Waals surface area contributed by atoms with Gasteiger partial charge in [-0.25, -0.2) is 0 Å². The first kappa shape index (κ1) is 41.9. The molecule has 0 heterocycles. The standard InChI is InChI=1S/C66H55N/c1-65(2,3)49-32-36-51(37-33-49)67(52-38-34-50(35-39-52)66(4,5)6)53-40-41-58-61(42-53)56-25-15-16-26-57(56)63-60(45-18-9-7-10-19-45)43-59(62(64(58)63)48-21-11-8-12-22-48)47-30-28-46(29-31-47)55-27-17-23-44-20-13-14-24-54(44)55/h7-43H,1-6H3. The summed E-state index contributed by atoms with van der Waals surface area (Å²) in [6.07, 6.45) is 0. The summed E-state index contributed by atoms with van der Waals surface area (Å²) in [7, 11) is 0. The van der Waals surface area contributed by atoms with E-state index in [0.29, 0.717) is 0 Å². The summed E-state index contributed by atoms with van der Waals surface area (Å²) in [6.45, 7) is 13.7. The molecule has 67 heavy (non-hydrogen) atoms. The van der Waals surface area contributed by atoms with Gasteiger partial charge in [0.25, 0.3) is 0 Å². The quantitative estimate of drug-likeness (QED) is 0.144. The summed E-state index contributed by atoms with van der Waals surface area (Å²) in [4.78, 5) is 2.43. The molecule has 0 N–H and O–H groups in total. The zero-order valence-corrected chi connectivity index (χ0v) is 39.3. The summed E-state index contributed by atoms with van der Waals surface area (Å²) in [6, 6.07) is 83.6. The third-order valence-corrected chi connectivity index (χ3v) is 13.8. The summed E-state index contributed by atoms with van der Waals surface area (Å²) in [5.74, 6) is 0. The van der Waals surface area contributed by atoms with Crippen LogP contribution in [0.2, 0.25) is 0 Å².